The lowest BCUT2D eigenvalue weighted by Gasteiger charge is -2.17. The first-order chi connectivity index (χ1) is 7.98. The summed E-state index contributed by atoms with van der Waals surface area (Å²) in [5.41, 5.74) is 0.907. The van der Waals surface area contributed by atoms with E-state index in [0.717, 1.165) is 16.1 Å². The number of carbonyl (C=O) groups excluding carboxylic acids is 1. The zero-order valence-corrected chi connectivity index (χ0v) is 10.2. The van der Waals surface area contributed by atoms with Crippen LogP contribution in [0.1, 0.15) is 5.56 Å². The van der Waals surface area contributed by atoms with E-state index in [-0.39, 0.29) is 6.73 Å². The highest BCUT2D eigenvalue weighted by atomic mass is 32.2. The molecule has 0 amide bonds. The summed E-state index contributed by atoms with van der Waals surface area (Å²) in [5, 5.41) is 0. The molecule has 0 N–H and O–H groups in total. The monoisotopic (exact) mass is 255 g/mol. The Morgan fingerprint density at radius 2 is 2.00 bits per heavy atom. The predicted octanol–water partition coefficient (Wildman–Crippen LogP) is 0.374. The van der Waals surface area contributed by atoms with Gasteiger partial charge in [-0.3, -0.25) is 4.79 Å². The maximum absolute atomic E-state index is 11.5. The van der Waals surface area contributed by atoms with E-state index in [1.807, 2.05) is 30.3 Å². The fourth-order valence-electron chi connectivity index (χ4n) is 1.78. The van der Waals surface area contributed by atoms with Crippen molar-refractivity contribution in [2.75, 3.05) is 13.0 Å². The molecular formula is C11H13NO4S. The fourth-order valence-corrected chi connectivity index (χ4v) is 2.65. The van der Waals surface area contributed by atoms with Gasteiger partial charge in [0.2, 0.25) is 10.0 Å². The molecule has 0 radical (unpaired) electrons. The second kappa shape index (κ2) is 4.46. The lowest BCUT2D eigenvalue weighted by atomic mass is 10.1. The number of cyclic esters (lactones) is 1. The van der Waals surface area contributed by atoms with Crippen LogP contribution in [0, 0.1) is 0 Å². The van der Waals surface area contributed by atoms with Crippen molar-refractivity contribution >= 4 is 16.0 Å². The number of benzene rings is 1. The molecule has 1 atom stereocenters. The SMILES string of the molecule is CS(=O)(=O)N1COC(=O)[C@@H]1Cc1ccccc1. The molecule has 1 heterocycles. The molecule has 0 spiro atoms. The Kier molecular flexibility index (Phi) is 3.17. The molecule has 0 unspecified atom stereocenters. The molecule has 1 aromatic carbocycles. The third-order valence-corrected chi connectivity index (χ3v) is 3.86. The molecule has 1 aliphatic rings. The second-order valence-electron chi connectivity index (χ2n) is 3.95. The van der Waals surface area contributed by atoms with Crippen molar-refractivity contribution < 1.29 is 17.9 Å². The van der Waals surface area contributed by atoms with Crippen LogP contribution in [0.15, 0.2) is 30.3 Å². The number of hydrogen-bond acceptors (Lipinski definition) is 4. The Morgan fingerprint density at radius 3 is 2.59 bits per heavy atom. The van der Waals surface area contributed by atoms with E-state index in [1.54, 1.807) is 0 Å². The number of sulfonamides is 1. The van der Waals surface area contributed by atoms with Gasteiger partial charge in [-0.2, -0.15) is 4.31 Å². The molecular weight excluding hydrogens is 242 g/mol. The molecule has 6 heteroatoms. The van der Waals surface area contributed by atoms with E-state index in [1.165, 1.54) is 0 Å². The van der Waals surface area contributed by atoms with Crippen LogP contribution >= 0.6 is 0 Å². The van der Waals surface area contributed by atoms with Gasteiger partial charge in [0.05, 0.1) is 6.26 Å². The van der Waals surface area contributed by atoms with Gasteiger partial charge < -0.3 is 4.74 Å². The first-order valence-electron chi connectivity index (χ1n) is 5.16. The summed E-state index contributed by atoms with van der Waals surface area (Å²) in [6.07, 6.45) is 1.42. The van der Waals surface area contributed by atoms with Gasteiger partial charge in [0.1, 0.15) is 6.04 Å². The second-order valence-corrected chi connectivity index (χ2v) is 5.88. The van der Waals surface area contributed by atoms with Gasteiger partial charge in [-0.25, -0.2) is 8.42 Å². The molecule has 0 aromatic heterocycles. The molecule has 1 aromatic rings. The van der Waals surface area contributed by atoms with E-state index in [2.05, 4.69) is 0 Å². The number of carbonyl (C=O) groups is 1. The first kappa shape index (κ1) is 12.1. The van der Waals surface area contributed by atoms with Gasteiger partial charge in [0.15, 0.2) is 6.73 Å². The molecule has 2 rings (SSSR count). The van der Waals surface area contributed by atoms with Gasteiger partial charge >= 0.3 is 5.97 Å². The highest BCUT2D eigenvalue weighted by Gasteiger charge is 2.39. The molecule has 5 nitrogen and oxygen atoms in total. The fraction of sp³-hybridized carbons (Fsp3) is 0.364. The summed E-state index contributed by atoms with van der Waals surface area (Å²) >= 11 is 0. The molecule has 0 bridgehead atoms. The number of nitrogens with zero attached hydrogens (tertiary/aromatic N) is 1. The van der Waals surface area contributed by atoms with Crippen LogP contribution in [0.25, 0.3) is 0 Å². The van der Waals surface area contributed by atoms with Crippen LogP contribution in [0.4, 0.5) is 0 Å². The maximum Gasteiger partial charge on any atom is 0.326 e. The van der Waals surface area contributed by atoms with Crippen LogP contribution in [0.3, 0.4) is 0 Å². The topological polar surface area (TPSA) is 63.7 Å². The van der Waals surface area contributed by atoms with Gasteiger partial charge in [0, 0.05) is 0 Å². The summed E-state index contributed by atoms with van der Waals surface area (Å²) in [6, 6.07) is 8.52. The molecule has 92 valence electrons. The number of esters is 1. The standard InChI is InChI=1S/C11H13NO4S/c1-17(14,15)12-8-16-11(13)10(12)7-9-5-3-2-4-6-9/h2-6,10H,7-8H2,1H3/t10-/m0/s1. The van der Waals surface area contributed by atoms with Crippen molar-refractivity contribution in [1.29, 1.82) is 0 Å². The van der Waals surface area contributed by atoms with Crippen molar-refractivity contribution in [3.63, 3.8) is 0 Å². The number of ether oxygens (including phenoxy) is 1. The smallest absolute Gasteiger partial charge is 0.326 e. The van der Waals surface area contributed by atoms with Gasteiger partial charge in [-0.05, 0) is 12.0 Å². The summed E-state index contributed by atoms with van der Waals surface area (Å²) < 4.78 is 28.8. The van der Waals surface area contributed by atoms with Crippen molar-refractivity contribution in [3.05, 3.63) is 35.9 Å². The summed E-state index contributed by atoms with van der Waals surface area (Å²) in [5.74, 6) is -0.487. The Hall–Kier alpha value is -1.40. The zero-order chi connectivity index (χ0) is 12.5. The van der Waals surface area contributed by atoms with E-state index >= 15 is 0 Å². The minimum Gasteiger partial charge on any atom is -0.447 e. The Bertz CT molecular complexity index is 512. The van der Waals surface area contributed by atoms with Crippen LogP contribution in [-0.2, 0) is 26.0 Å². The van der Waals surface area contributed by atoms with Gasteiger partial charge in [0.25, 0.3) is 0 Å². The van der Waals surface area contributed by atoms with Crippen molar-refractivity contribution in [2.45, 2.75) is 12.5 Å². The Labute approximate surface area is 100 Å². The molecule has 1 saturated heterocycles. The highest BCUT2D eigenvalue weighted by Crippen LogP contribution is 2.19. The maximum atomic E-state index is 11.5. The lowest BCUT2D eigenvalue weighted by Crippen LogP contribution is -2.38. The predicted molar refractivity (Wildman–Crippen MR) is 61.6 cm³/mol. The Morgan fingerprint density at radius 1 is 1.35 bits per heavy atom. The molecule has 1 fully saturated rings. The first-order valence-corrected chi connectivity index (χ1v) is 7.00. The van der Waals surface area contributed by atoms with Crippen LogP contribution in [0.5, 0.6) is 0 Å². The zero-order valence-electron chi connectivity index (χ0n) is 9.37. The van der Waals surface area contributed by atoms with E-state index in [4.69, 9.17) is 4.74 Å². The molecule has 0 saturated carbocycles. The van der Waals surface area contributed by atoms with Crippen molar-refractivity contribution in [2.24, 2.45) is 0 Å². The molecule has 0 aliphatic carbocycles. The average molecular weight is 255 g/mol. The van der Waals surface area contributed by atoms with Gasteiger partial charge in [-0.15, -0.1) is 0 Å². The number of rotatable bonds is 3. The van der Waals surface area contributed by atoms with Crippen LogP contribution in [0.2, 0.25) is 0 Å². The molecule has 1 aliphatic heterocycles. The normalized spacial score (nSPS) is 21.5. The minimum atomic E-state index is -3.42. The summed E-state index contributed by atoms with van der Waals surface area (Å²) in [7, 11) is -3.42. The third kappa shape index (κ3) is 2.65. The molecule has 17 heavy (non-hydrogen) atoms. The third-order valence-electron chi connectivity index (χ3n) is 2.65. The van der Waals surface area contributed by atoms with Gasteiger partial charge in [-0.1, -0.05) is 30.3 Å². The quantitative estimate of drug-likeness (QED) is 0.732. The van der Waals surface area contributed by atoms with Crippen LogP contribution in [-0.4, -0.2) is 37.7 Å². The van der Waals surface area contributed by atoms with E-state index in [9.17, 15) is 13.2 Å². The Balaban J connectivity index is 2.21. The van der Waals surface area contributed by atoms with Crippen molar-refractivity contribution in [3.8, 4) is 0 Å². The van der Waals surface area contributed by atoms with Crippen LogP contribution < -0.4 is 0 Å². The minimum absolute atomic E-state index is 0.185. The average Bonchev–Trinajstić information content (AvgIpc) is 2.62. The number of hydrogen-bond donors (Lipinski definition) is 0. The van der Waals surface area contributed by atoms with Crippen molar-refractivity contribution in [1.82, 2.24) is 4.31 Å². The lowest BCUT2D eigenvalue weighted by molar-refractivity contribution is -0.139. The highest BCUT2D eigenvalue weighted by molar-refractivity contribution is 7.88. The largest absolute Gasteiger partial charge is 0.447 e. The summed E-state index contributed by atoms with van der Waals surface area (Å²) in [4.78, 5) is 11.5. The summed E-state index contributed by atoms with van der Waals surface area (Å²) in [6.45, 7) is -0.185. The van der Waals surface area contributed by atoms with E-state index < -0.39 is 22.0 Å². The van der Waals surface area contributed by atoms with E-state index in [0.29, 0.717) is 6.42 Å².